The highest BCUT2D eigenvalue weighted by atomic mass is 16.5. The Kier molecular flexibility index (Phi) is 9.16. The number of hydrogen-bond acceptors (Lipinski definition) is 5. The number of carboxylic acid groups (broad SMARTS) is 1. The van der Waals surface area contributed by atoms with E-state index in [0.717, 1.165) is 64.0 Å². The molecule has 2 heterocycles. The van der Waals surface area contributed by atoms with Crippen LogP contribution in [0.2, 0.25) is 0 Å². The third-order valence-corrected chi connectivity index (χ3v) is 9.20. The molecule has 5 rings (SSSR count). The van der Waals surface area contributed by atoms with Crippen molar-refractivity contribution in [1.29, 1.82) is 0 Å². The Morgan fingerprint density at radius 1 is 0.947 bits per heavy atom. The lowest BCUT2D eigenvalue weighted by atomic mass is 9.83. The van der Waals surface area contributed by atoms with Crippen LogP contribution in [0.5, 0.6) is 0 Å². The van der Waals surface area contributed by atoms with Crippen LogP contribution in [0.15, 0.2) is 60.7 Å². The summed E-state index contributed by atoms with van der Waals surface area (Å²) >= 11 is 0. The van der Waals surface area contributed by atoms with Gasteiger partial charge >= 0.3 is 5.97 Å². The highest BCUT2D eigenvalue weighted by Gasteiger charge is 2.43. The van der Waals surface area contributed by atoms with E-state index in [2.05, 4.69) is 40.1 Å². The lowest BCUT2D eigenvalue weighted by Crippen LogP contribution is -2.49. The maximum absolute atomic E-state index is 12.5. The number of aliphatic hydroxyl groups is 1. The minimum atomic E-state index is -0.777. The molecule has 1 saturated carbocycles. The summed E-state index contributed by atoms with van der Waals surface area (Å²) < 4.78 is 5.90. The van der Waals surface area contributed by atoms with Crippen LogP contribution < -0.4 is 0 Å². The number of nitrogens with zero attached hydrogens (tertiary/aromatic N) is 2. The Morgan fingerprint density at radius 2 is 1.61 bits per heavy atom. The van der Waals surface area contributed by atoms with Crippen LogP contribution in [0.25, 0.3) is 0 Å². The average Bonchev–Trinajstić information content (AvgIpc) is 3.34. The number of ether oxygens (including phenoxy) is 1. The van der Waals surface area contributed by atoms with Crippen molar-refractivity contribution in [2.24, 2.45) is 11.8 Å². The SMILES string of the molecule is O=C(O)[C@@H](C1CCCCC1)N1C[C@H](CN2CCC(O)(COCc3ccccc3)CC2)[C@@H](c2ccccc2)C1. The third kappa shape index (κ3) is 6.84. The van der Waals surface area contributed by atoms with Crippen molar-refractivity contribution in [2.75, 3.05) is 39.3 Å². The van der Waals surface area contributed by atoms with Crippen molar-refractivity contribution in [3.63, 3.8) is 0 Å². The molecule has 3 fully saturated rings. The third-order valence-electron chi connectivity index (χ3n) is 9.20. The monoisotopic (exact) mass is 520 g/mol. The van der Waals surface area contributed by atoms with Gasteiger partial charge in [0.2, 0.25) is 0 Å². The van der Waals surface area contributed by atoms with Gasteiger partial charge in [0, 0.05) is 38.6 Å². The zero-order valence-corrected chi connectivity index (χ0v) is 22.6. The van der Waals surface area contributed by atoms with Gasteiger partial charge in [0.05, 0.1) is 18.8 Å². The predicted molar refractivity (Wildman–Crippen MR) is 149 cm³/mol. The van der Waals surface area contributed by atoms with Gasteiger partial charge in [-0.2, -0.15) is 0 Å². The molecule has 2 N–H and O–H groups in total. The smallest absolute Gasteiger partial charge is 0.321 e. The van der Waals surface area contributed by atoms with Gasteiger partial charge in [0.15, 0.2) is 0 Å². The van der Waals surface area contributed by atoms with E-state index in [9.17, 15) is 15.0 Å². The maximum atomic E-state index is 12.5. The van der Waals surface area contributed by atoms with Crippen LogP contribution in [-0.2, 0) is 16.1 Å². The number of piperidine rings is 1. The fourth-order valence-electron chi connectivity index (χ4n) is 7.06. The number of carbonyl (C=O) groups is 1. The summed E-state index contributed by atoms with van der Waals surface area (Å²) in [5.74, 6) is 0.320. The number of benzene rings is 2. The summed E-state index contributed by atoms with van der Waals surface area (Å²) in [7, 11) is 0. The summed E-state index contributed by atoms with van der Waals surface area (Å²) in [4.78, 5) is 17.3. The van der Waals surface area contributed by atoms with Crippen molar-refractivity contribution in [3.8, 4) is 0 Å². The summed E-state index contributed by atoms with van der Waals surface area (Å²) in [6, 6.07) is 20.4. The molecule has 38 heavy (non-hydrogen) atoms. The quantitative estimate of drug-likeness (QED) is 0.470. The Bertz CT molecular complexity index is 1000. The zero-order chi connectivity index (χ0) is 26.4. The standard InChI is InChI=1S/C32H44N2O4/c35-31(36)30(27-14-8-3-9-15-27)34-21-28(29(22-34)26-12-6-2-7-13-26)20-33-18-16-32(37,17-19-33)24-38-23-25-10-4-1-5-11-25/h1-2,4-7,10-13,27-30,37H,3,8-9,14-24H2,(H,35,36)/t28-,29+,30+/m0/s1. The molecule has 2 aromatic carbocycles. The van der Waals surface area contributed by atoms with Gasteiger partial charge in [0.1, 0.15) is 6.04 Å². The summed E-state index contributed by atoms with van der Waals surface area (Å²) in [6.07, 6.45) is 7.01. The molecule has 6 heteroatoms. The second-order valence-corrected chi connectivity index (χ2v) is 11.9. The molecular formula is C32H44N2O4. The van der Waals surface area contributed by atoms with Crippen LogP contribution >= 0.6 is 0 Å². The van der Waals surface area contributed by atoms with E-state index in [1.165, 1.54) is 12.0 Å². The Morgan fingerprint density at radius 3 is 2.26 bits per heavy atom. The van der Waals surface area contributed by atoms with Gasteiger partial charge in [-0.05, 0) is 48.6 Å². The Balaban J connectivity index is 1.20. The van der Waals surface area contributed by atoms with E-state index in [1.54, 1.807) is 0 Å². The molecule has 0 radical (unpaired) electrons. The molecule has 6 nitrogen and oxygen atoms in total. The molecule has 2 saturated heterocycles. The van der Waals surface area contributed by atoms with E-state index in [4.69, 9.17) is 4.74 Å². The van der Waals surface area contributed by atoms with Gasteiger partial charge in [-0.1, -0.05) is 79.9 Å². The molecule has 0 bridgehead atoms. The van der Waals surface area contributed by atoms with Crippen LogP contribution in [0.4, 0.5) is 0 Å². The first-order valence-electron chi connectivity index (χ1n) is 14.6. The average molecular weight is 521 g/mol. The van der Waals surface area contributed by atoms with Gasteiger partial charge < -0.3 is 19.8 Å². The summed E-state index contributed by atoms with van der Waals surface area (Å²) in [6.45, 7) is 5.15. The maximum Gasteiger partial charge on any atom is 0.321 e. The van der Waals surface area contributed by atoms with E-state index in [1.807, 2.05) is 30.3 Å². The van der Waals surface area contributed by atoms with Gasteiger partial charge in [-0.3, -0.25) is 9.69 Å². The molecule has 3 aliphatic rings. The minimum absolute atomic E-state index is 0.261. The predicted octanol–water partition coefficient (Wildman–Crippen LogP) is 4.78. The molecule has 2 aromatic rings. The Hall–Kier alpha value is -2.25. The van der Waals surface area contributed by atoms with E-state index >= 15 is 0 Å². The number of rotatable bonds is 10. The zero-order valence-electron chi connectivity index (χ0n) is 22.6. The highest BCUT2D eigenvalue weighted by molar-refractivity contribution is 5.74. The van der Waals surface area contributed by atoms with E-state index in [-0.39, 0.29) is 12.0 Å². The van der Waals surface area contributed by atoms with Crippen molar-refractivity contribution in [1.82, 2.24) is 9.80 Å². The molecule has 206 valence electrons. The molecule has 0 amide bonds. The van der Waals surface area contributed by atoms with Crippen LogP contribution in [-0.4, -0.2) is 77.0 Å². The minimum Gasteiger partial charge on any atom is -0.480 e. The van der Waals surface area contributed by atoms with Gasteiger partial charge in [-0.25, -0.2) is 0 Å². The second-order valence-electron chi connectivity index (χ2n) is 11.9. The topological polar surface area (TPSA) is 73.2 Å². The van der Waals surface area contributed by atoms with Gasteiger partial charge in [-0.15, -0.1) is 0 Å². The highest BCUT2D eigenvalue weighted by Crippen LogP contribution is 2.39. The lowest BCUT2D eigenvalue weighted by Gasteiger charge is -2.39. The first kappa shape index (κ1) is 27.3. The molecule has 3 atom stereocenters. The number of hydrogen-bond donors (Lipinski definition) is 2. The van der Waals surface area contributed by atoms with Crippen LogP contribution in [0, 0.1) is 11.8 Å². The van der Waals surface area contributed by atoms with Gasteiger partial charge in [0.25, 0.3) is 0 Å². The summed E-state index contributed by atoms with van der Waals surface area (Å²) in [5.41, 5.74) is 1.66. The molecule has 0 spiro atoms. The summed E-state index contributed by atoms with van der Waals surface area (Å²) in [5, 5.41) is 21.4. The number of aliphatic carboxylic acids is 1. The molecule has 1 aliphatic carbocycles. The van der Waals surface area contributed by atoms with E-state index < -0.39 is 11.6 Å². The van der Waals surface area contributed by atoms with Crippen molar-refractivity contribution in [3.05, 3.63) is 71.8 Å². The molecule has 0 aromatic heterocycles. The van der Waals surface area contributed by atoms with E-state index in [0.29, 0.717) is 37.9 Å². The van der Waals surface area contributed by atoms with Crippen molar-refractivity contribution >= 4 is 5.97 Å². The molecule has 2 aliphatic heterocycles. The first-order valence-corrected chi connectivity index (χ1v) is 14.6. The second kappa shape index (κ2) is 12.7. The fourth-order valence-corrected chi connectivity index (χ4v) is 7.06. The number of carboxylic acids is 1. The first-order chi connectivity index (χ1) is 18.5. The number of likely N-dealkylation sites (tertiary alicyclic amines) is 2. The van der Waals surface area contributed by atoms with Crippen LogP contribution in [0.3, 0.4) is 0 Å². The normalized spacial score (nSPS) is 25.8. The molecule has 0 unspecified atom stereocenters. The van der Waals surface area contributed by atoms with Crippen molar-refractivity contribution in [2.45, 2.75) is 69.1 Å². The Labute approximate surface area is 227 Å². The molecular weight excluding hydrogens is 476 g/mol. The lowest BCUT2D eigenvalue weighted by molar-refractivity contribution is -0.145. The largest absolute Gasteiger partial charge is 0.480 e. The van der Waals surface area contributed by atoms with Crippen molar-refractivity contribution < 1.29 is 19.7 Å². The fraction of sp³-hybridized carbons (Fsp3) is 0.594. The van der Waals surface area contributed by atoms with Crippen LogP contribution in [0.1, 0.15) is 62.0 Å².